The summed E-state index contributed by atoms with van der Waals surface area (Å²) in [5, 5.41) is 80.6. The third-order valence-electron chi connectivity index (χ3n) is 9.14. The Labute approximate surface area is 352 Å². The summed E-state index contributed by atoms with van der Waals surface area (Å²) in [6.45, 7) is -0.997. The van der Waals surface area contributed by atoms with Gasteiger partial charge in [-0.3, -0.25) is 9.97 Å². The molecule has 7 rings (SSSR count). The molecule has 2 saturated heterocycles. The van der Waals surface area contributed by atoms with Gasteiger partial charge in [-0.25, -0.2) is 4.98 Å². The summed E-state index contributed by atoms with van der Waals surface area (Å²) in [7, 11) is 0. The molecule has 0 saturated carbocycles. The van der Waals surface area contributed by atoms with Crippen molar-refractivity contribution in [2.75, 3.05) is 13.2 Å². The molecule has 8 N–H and O–H groups in total. The van der Waals surface area contributed by atoms with E-state index in [0.29, 0.717) is 22.9 Å². The van der Waals surface area contributed by atoms with Crippen LogP contribution in [-0.4, -0.2) is 129 Å². The molecule has 303 valence electrons. The molecule has 56 heavy (non-hydrogen) atoms. The Morgan fingerprint density at radius 2 is 1.18 bits per heavy atom. The van der Waals surface area contributed by atoms with Gasteiger partial charge in [0, 0.05) is 55.0 Å². The normalized spacial score (nSPS) is 27.3. The summed E-state index contributed by atoms with van der Waals surface area (Å²) in [5.41, 5.74) is 4.26. The maximum atomic E-state index is 10.3. The van der Waals surface area contributed by atoms with E-state index >= 15 is 0 Å². The number of aliphatic hydroxyl groups is 8. The molecule has 0 amide bonds. The summed E-state index contributed by atoms with van der Waals surface area (Å²) in [6.07, 6.45) is -7.14. The molecular formula is C39H43ClIrN3O10S2-. The van der Waals surface area contributed by atoms with Crippen molar-refractivity contribution in [1.82, 2.24) is 15.0 Å². The molecule has 0 aliphatic carbocycles. The number of benzene rings is 2. The smallest absolute Gasteiger partial charge is 0.132 e. The van der Waals surface area contributed by atoms with E-state index in [9.17, 15) is 40.9 Å². The van der Waals surface area contributed by atoms with Gasteiger partial charge in [-0.1, -0.05) is 60.7 Å². The first-order valence-corrected chi connectivity index (χ1v) is 19.4. The van der Waals surface area contributed by atoms with E-state index in [1.165, 1.54) is 28.9 Å². The van der Waals surface area contributed by atoms with Crippen molar-refractivity contribution in [1.29, 1.82) is 0 Å². The topological polar surface area (TPSA) is 219 Å². The minimum atomic E-state index is -1.45. The maximum Gasteiger partial charge on any atom is 0.132 e. The zero-order valence-corrected chi connectivity index (χ0v) is 34.5. The second-order valence-electron chi connectivity index (χ2n) is 12.8. The van der Waals surface area contributed by atoms with Crippen LogP contribution in [0.5, 0.6) is 0 Å². The predicted octanol–water partition coefficient (Wildman–Crippen LogP) is -0.887. The van der Waals surface area contributed by atoms with Gasteiger partial charge in [-0.05, 0) is 41.5 Å². The summed E-state index contributed by atoms with van der Waals surface area (Å²) < 4.78 is 11.1. The predicted molar refractivity (Wildman–Crippen MR) is 205 cm³/mol. The van der Waals surface area contributed by atoms with Crippen LogP contribution in [0.25, 0.3) is 33.5 Å². The second kappa shape index (κ2) is 22.0. The van der Waals surface area contributed by atoms with Gasteiger partial charge >= 0.3 is 0 Å². The number of aliphatic hydroxyl groups excluding tert-OH is 8. The van der Waals surface area contributed by atoms with E-state index in [1.807, 2.05) is 48.5 Å². The summed E-state index contributed by atoms with van der Waals surface area (Å²) in [6, 6.07) is 29.8. The van der Waals surface area contributed by atoms with Crippen molar-refractivity contribution >= 4 is 34.4 Å². The number of fused-ring (bicyclic) bond motifs is 1. The molecule has 13 nitrogen and oxygen atoms in total. The van der Waals surface area contributed by atoms with Crippen LogP contribution in [0.3, 0.4) is 0 Å². The molecule has 17 heteroatoms. The number of hydrogen-bond acceptors (Lipinski definition) is 15. The van der Waals surface area contributed by atoms with Crippen molar-refractivity contribution in [2.24, 2.45) is 0 Å². The van der Waals surface area contributed by atoms with Gasteiger partial charge in [0.25, 0.3) is 0 Å². The molecule has 2 aromatic carbocycles. The molecule has 2 aliphatic heterocycles. The molecule has 2 fully saturated rings. The molecule has 10 atom stereocenters. The minimum Gasteiger partial charge on any atom is -1.00 e. The van der Waals surface area contributed by atoms with Crippen molar-refractivity contribution < 1.29 is 82.8 Å². The van der Waals surface area contributed by atoms with Crippen molar-refractivity contribution in [3.8, 4) is 22.6 Å². The summed E-state index contributed by atoms with van der Waals surface area (Å²) >= 11 is 2.40. The molecule has 5 aromatic rings. The average Bonchev–Trinajstić information content (AvgIpc) is 3.22. The first-order chi connectivity index (χ1) is 26.2. The van der Waals surface area contributed by atoms with E-state index < -0.39 is 72.9 Å². The molecule has 5 heterocycles. The first kappa shape index (κ1) is 46.1. The van der Waals surface area contributed by atoms with Crippen LogP contribution in [0.4, 0.5) is 0 Å². The fourth-order valence-corrected chi connectivity index (χ4v) is 8.35. The quantitative estimate of drug-likeness (QED) is 0.0852. The summed E-state index contributed by atoms with van der Waals surface area (Å²) in [4.78, 5) is 13.5. The Bertz CT molecular complexity index is 1960. The van der Waals surface area contributed by atoms with E-state index in [0.717, 1.165) is 27.9 Å². The number of rotatable bonds is 10. The van der Waals surface area contributed by atoms with Gasteiger partial charge in [-0.15, -0.1) is 23.5 Å². The molecule has 0 spiro atoms. The summed E-state index contributed by atoms with van der Waals surface area (Å²) in [5.74, 6) is 0.706. The Kier molecular flexibility index (Phi) is 18.1. The SMILES string of the molecule is OC[C@H]1O[C@@H](SCc2ccnc(-c3ncccc3CS[C@@H]3O[C@H](CO)[C@@H](O)[C@H](O)[C@H]3O)c2)[C@H](O)[C@@H](O)[C@@H]1O.[Cl-].[Ir].c1ccc(-c2ccc3ccccc3n2)cc1. The average molecular weight is 1010 g/mol. The number of hydrogen-bond donors (Lipinski definition) is 8. The third kappa shape index (κ3) is 11.1. The zero-order chi connectivity index (χ0) is 38.2. The van der Waals surface area contributed by atoms with E-state index in [1.54, 1.807) is 24.5 Å². The molecule has 3 aromatic heterocycles. The van der Waals surface area contributed by atoms with Gasteiger partial charge < -0.3 is 62.7 Å². The molecule has 1 radical (unpaired) electrons. The Morgan fingerprint density at radius 3 is 1.82 bits per heavy atom. The van der Waals surface area contributed by atoms with Crippen LogP contribution in [0.15, 0.2) is 103 Å². The molecule has 0 bridgehead atoms. The standard InChI is InChI=1S/C24H32N2O10S2.C15H11N.ClH.Ir/c27-7-14-17(29)19(31)21(33)23(35-14)37-9-11-3-5-25-13(6-11)16-12(2-1-4-26-16)10-38-24-22(34)20(32)18(30)15(8-28)36-24;1-2-6-12(7-3-1)15-11-10-13-8-4-5-9-14(13)16-15;;/h1-6,14-15,17-24,27-34H,7-10H2;1-11H;1H;/p-1/t14-,15-,17-,18-,19+,20+,21-,22-,23+,24+;;;/m1.../s1. The fourth-order valence-electron chi connectivity index (χ4n) is 6.08. The fraction of sp³-hybridized carbons (Fsp3) is 0.359. The second-order valence-corrected chi connectivity index (χ2v) is 15.0. The van der Waals surface area contributed by atoms with Crippen LogP contribution < -0.4 is 12.4 Å². The van der Waals surface area contributed by atoms with E-state index in [-0.39, 0.29) is 32.5 Å². The Morgan fingerprint density at radius 1 is 0.571 bits per heavy atom. The first-order valence-electron chi connectivity index (χ1n) is 17.3. The van der Waals surface area contributed by atoms with Crippen molar-refractivity contribution in [3.05, 3.63) is 115 Å². The van der Waals surface area contributed by atoms with Gasteiger partial charge in [0.2, 0.25) is 0 Å². The molecule has 0 unspecified atom stereocenters. The van der Waals surface area contributed by atoms with Crippen LogP contribution in [0, 0.1) is 0 Å². The number of nitrogens with zero attached hydrogens (tertiary/aromatic N) is 3. The van der Waals surface area contributed by atoms with E-state index in [4.69, 9.17) is 9.47 Å². The Balaban J connectivity index is 0.000000322. The van der Waals surface area contributed by atoms with Crippen LogP contribution in [0.1, 0.15) is 11.1 Å². The molecular weight excluding hydrogens is 962 g/mol. The zero-order valence-electron chi connectivity index (χ0n) is 29.7. The maximum absolute atomic E-state index is 10.3. The number of halogens is 1. The number of aromatic nitrogens is 3. The van der Waals surface area contributed by atoms with Crippen molar-refractivity contribution in [3.63, 3.8) is 0 Å². The number of thioether (sulfide) groups is 2. The van der Waals surface area contributed by atoms with E-state index in [2.05, 4.69) is 45.3 Å². The number of pyridine rings is 3. The number of ether oxygens (including phenoxy) is 2. The van der Waals surface area contributed by atoms with Crippen LogP contribution in [-0.2, 0) is 41.1 Å². The largest absolute Gasteiger partial charge is 1.00 e. The van der Waals surface area contributed by atoms with Crippen LogP contribution >= 0.6 is 23.5 Å². The number of para-hydroxylation sites is 1. The van der Waals surface area contributed by atoms with Gasteiger partial charge in [-0.2, -0.15) is 0 Å². The monoisotopic (exact) mass is 1010 g/mol. The van der Waals surface area contributed by atoms with Crippen molar-refractivity contribution in [2.45, 2.75) is 71.2 Å². The van der Waals surface area contributed by atoms with Crippen LogP contribution in [0.2, 0.25) is 0 Å². The Hall–Kier alpha value is -2.61. The molecule has 2 aliphatic rings. The minimum absolute atomic E-state index is 0. The van der Waals surface area contributed by atoms with Gasteiger partial charge in [0.05, 0.1) is 35.8 Å². The van der Waals surface area contributed by atoms with Gasteiger partial charge in [0.1, 0.15) is 59.7 Å². The van der Waals surface area contributed by atoms with Gasteiger partial charge in [0.15, 0.2) is 0 Å². The third-order valence-corrected chi connectivity index (χ3v) is 11.6.